The van der Waals surface area contributed by atoms with E-state index in [1.54, 1.807) is 31.2 Å². The molecule has 5 nitrogen and oxygen atoms in total. The molecule has 1 N–H and O–H groups in total. The molecule has 0 heterocycles. The van der Waals surface area contributed by atoms with E-state index in [-0.39, 0.29) is 0 Å². The van der Waals surface area contributed by atoms with Crippen molar-refractivity contribution in [3.05, 3.63) is 48.0 Å². The van der Waals surface area contributed by atoms with Crippen LogP contribution in [0.25, 0.3) is 0 Å². The fourth-order valence-electron chi connectivity index (χ4n) is 1.74. The average Bonchev–Trinajstić information content (AvgIpc) is 2.44. The molecule has 0 aliphatic carbocycles. The van der Waals surface area contributed by atoms with Gasteiger partial charge >= 0.3 is 0 Å². The van der Waals surface area contributed by atoms with Crippen molar-refractivity contribution in [2.24, 2.45) is 5.92 Å². The van der Waals surface area contributed by atoms with Crippen molar-refractivity contribution in [3.8, 4) is 11.8 Å². The summed E-state index contributed by atoms with van der Waals surface area (Å²) in [6, 6.07) is 8.97. The number of carbonyl (C=O) groups is 1. The lowest BCUT2D eigenvalue weighted by Gasteiger charge is -2.23. The predicted octanol–water partition coefficient (Wildman–Crippen LogP) is 1.01. The van der Waals surface area contributed by atoms with Gasteiger partial charge in [0.2, 0.25) is 15.9 Å². The molecule has 0 aliphatic rings. The van der Waals surface area contributed by atoms with Crippen LogP contribution >= 0.6 is 0 Å². The molecule has 0 bridgehead atoms. The van der Waals surface area contributed by atoms with Gasteiger partial charge in [-0.05, 0) is 19.1 Å². The molecule has 0 saturated heterocycles. The van der Waals surface area contributed by atoms with E-state index in [2.05, 4.69) is 18.4 Å². The van der Waals surface area contributed by atoms with E-state index in [0.717, 1.165) is 13.3 Å². The minimum Gasteiger partial charge on any atom is -0.379 e. The number of rotatable bonds is 4. The summed E-state index contributed by atoms with van der Waals surface area (Å²) >= 11 is 0. The standard InChI is InChI=1S/C16H19NO4S/c1-12(2)15(16(19)17(3)22(4,20)21)14(18)11-10-13-8-6-5-7-9-13/h5-9,14-15,18H,1H2,2-4H3/t14-,15-/m1/s1. The molecule has 0 unspecified atom stereocenters. The van der Waals surface area contributed by atoms with Gasteiger partial charge in [0.05, 0.1) is 12.2 Å². The zero-order valence-corrected chi connectivity index (χ0v) is 13.6. The maximum atomic E-state index is 12.2. The van der Waals surface area contributed by atoms with Crippen LogP contribution in [0.15, 0.2) is 42.5 Å². The lowest BCUT2D eigenvalue weighted by Crippen LogP contribution is -2.41. The van der Waals surface area contributed by atoms with Crippen LogP contribution in [-0.2, 0) is 14.8 Å². The third-order valence-electron chi connectivity index (χ3n) is 3.06. The third kappa shape index (κ3) is 4.72. The molecule has 0 fully saturated rings. The van der Waals surface area contributed by atoms with Crippen molar-refractivity contribution in [2.75, 3.05) is 13.3 Å². The molecule has 1 amide bonds. The Bertz CT molecular complexity index is 714. The van der Waals surface area contributed by atoms with E-state index in [1.807, 2.05) is 6.07 Å². The van der Waals surface area contributed by atoms with Crippen LogP contribution in [0.2, 0.25) is 0 Å². The zero-order valence-electron chi connectivity index (χ0n) is 12.8. The molecule has 6 heteroatoms. The summed E-state index contributed by atoms with van der Waals surface area (Å²) < 4.78 is 23.5. The Morgan fingerprint density at radius 1 is 1.32 bits per heavy atom. The first kappa shape index (κ1) is 18.0. The Labute approximate surface area is 131 Å². The average molecular weight is 321 g/mol. The number of hydrogen-bond donors (Lipinski definition) is 1. The van der Waals surface area contributed by atoms with Crippen LogP contribution in [0.4, 0.5) is 0 Å². The number of amides is 1. The van der Waals surface area contributed by atoms with Gasteiger partial charge in [0.25, 0.3) is 0 Å². The largest absolute Gasteiger partial charge is 0.379 e. The molecule has 0 aromatic heterocycles. The van der Waals surface area contributed by atoms with E-state index in [1.165, 1.54) is 0 Å². The lowest BCUT2D eigenvalue weighted by molar-refractivity contribution is -0.130. The summed E-state index contributed by atoms with van der Waals surface area (Å²) in [5, 5.41) is 10.1. The van der Waals surface area contributed by atoms with Crippen molar-refractivity contribution < 1.29 is 18.3 Å². The molecule has 2 atom stereocenters. The number of aliphatic hydroxyl groups is 1. The van der Waals surface area contributed by atoms with Gasteiger partial charge in [-0.25, -0.2) is 12.7 Å². The Hall–Kier alpha value is -2.10. The molecule has 0 aliphatic heterocycles. The van der Waals surface area contributed by atoms with Crippen LogP contribution in [0.3, 0.4) is 0 Å². The van der Waals surface area contributed by atoms with Crippen molar-refractivity contribution >= 4 is 15.9 Å². The number of carbonyl (C=O) groups excluding carboxylic acids is 1. The molecule has 22 heavy (non-hydrogen) atoms. The highest BCUT2D eigenvalue weighted by Gasteiger charge is 2.32. The second-order valence-corrected chi connectivity index (χ2v) is 6.99. The lowest BCUT2D eigenvalue weighted by atomic mass is 9.94. The van der Waals surface area contributed by atoms with Gasteiger partial charge in [-0.3, -0.25) is 4.79 Å². The highest BCUT2D eigenvalue weighted by atomic mass is 32.2. The number of hydrogen-bond acceptors (Lipinski definition) is 4. The van der Waals surface area contributed by atoms with Crippen molar-refractivity contribution in [3.63, 3.8) is 0 Å². The van der Waals surface area contributed by atoms with Crippen molar-refractivity contribution in [1.82, 2.24) is 4.31 Å². The first-order valence-electron chi connectivity index (χ1n) is 6.52. The Kier molecular flexibility index (Phi) is 5.92. The van der Waals surface area contributed by atoms with Crippen LogP contribution in [-0.4, -0.2) is 43.1 Å². The Morgan fingerprint density at radius 2 is 1.86 bits per heavy atom. The van der Waals surface area contributed by atoms with E-state index >= 15 is 0 Å². The van der Waals surface area contributed by atoms with Crippen LogP contribution < -0.4 is 0 Å². The van der Waals surface area contributed by atoms with E-state index in [0.29, 0.717) is 15.4 Å². The number of benzene rings is 1. The minimum atomic E-state index is -3.70. The quantitative estimate of drug-likeness (QED) is 0.663. The van der Waals surface area contributed by atoms with Crippen LogP contribution in [0.5, 0.6) is 0 Å². The first-order valence-corrected chi connectivity index (χ1v) is 8.37. The second kappa shape index (κ2) is 7.25. The molecule has 0 spiro atoms. The second-order valence-electron chi connectivity index (χ2n) is 4.97. The molecule has 118 valence electrons. The molecular formula is C16H19NO4S. The highest BCUT2D eigenvalue weighted by molar-refractivity contribution is 7.88. The fraction of sp³-hybridized carbons (Fsp3) is 0.312. The molecule has 0 radical (unpaired) electrons. The van der Waals surface area contributed by atoms with E-state index in [4.69, 9.17) is 0 Å². The minimum absolute atomic E-state index is 0.343. The van der Waals surface area contributed by atoms with Gasteiger partial charge in [-0.2, -0.15) is 0 Å². The summed E-state index contributed by atoms with van der Waals surface area (Å²) in [7, 11) is -2.55. The third-order valence-corrected chi connectivity index (χ3v) is 4.23. The SMILES string of the molecule is C=C(C)[C@@H](C(=O)N(C)S(C)(=O)=O)[C@H](O)C#Cc1ccccc1. The highest BCUT2D eigenvalue weighted by Crippen LogP contribution is 2.17. The summed E-state index contributed by atoms with van der Waals surface area (Å²) in [6.45, 7) is 5.19. The first-order chi connectivity index (χ1) is 10.1. The van der Waals surface area contributed by atoms with Crippen LogP contribution in [0, 0.1) is 17.8 Å². The zero-order chi connectivity index (χ0) is 16.9. The molecule has 1 aromatic rings. The van der Waals surface area contributed by atoms with Crippen molar-refractivity contribution in [1.29, 1.82) is 0 Å². The smallest absolute Gasteiger partial charge is 0.246 e. The van der Waals surface area contributed by atoms with E-state index < -0.39 is 28.0 Å². The molecule has 1 rings (SSSR count). The van der Waals surface area contributed by atoms with Gasteiger partial charge in [-0.1, -0.05) is 42.2 Å². The summed E-state index contributed by atoms with van der Waals surface area (Å²) in [6.07, 6.45) is -0.419. The number of aliphatic hydroxyl groups excluding tert-OH is 1. The maximum Gasteiger partial charge on any atom is 0.246 e. The summed E-state index contributed by atoms with van der Waals surface area (Å²) in [5.41, 5.74) is 1.03. The molecule has 1 aromatic carbocycles. The predicted molar refractivity (Wildman–Crippen MR) is 85.2 cm³/mol. The fourth-order valence-corrected chi connectivity index (χ4v) is 2.18. The number of sulfonamides is 1. The summed E-state index contributed by atoms with van der Waals surface area (Å²) in [5.74, 6) is 3.46. The van der Waals surface area contributed by atoms with Crippen LogP contribution in [0.1, 0.15) is 12.5 Å². The van der Waals surface area contributed by atoms with Gasteiger partial charge in [0.1, 0.15) is 6.10 Å². The maximum absolute atomic E-state index is 12.2. The molecular weight excluding hydrogens is 302 g/mol. The molecule has 0 saturated carbocycles. The topological polar surface area (TPSA) is 74.7 Å². The van der Waals surface area contributed by atoms with Gasteiger partial charge in [0.15, 0.2) is 0 Å². The van der Waals surface area contributed by atoms with Gasteiger partial charge in [-0.15, -0.1) is 0 Å². The number of nitrogens with zero attached hydrogens (tertiary/aromatic N) is 1. The van der Waals surface area contributed by atoms with Gasteiger partial charge < -0.3 is 5.11 Å². The Balaban J connectivity index is 3.04. The monoisotopic (exact) mass is 321 g/mol. The summed E-state index contributed by atoms with van der Waals surface area (Å²) in [4.78, 5) is 12.2. The van der Waals surface area contributed by atoms with Gasteiger partial charge in [0, 0.05) is 12.6 Å². The van der Waals surface area contributed by atoms with Crippen molar-refractivity contribution in [2.45, 2.75) is 13.0 Å². The Morgan fingerprint density at radius 3 is 2.32 bits per heavy atom. The van der Waals surface area contributed by atoms with E-state index in [9.17, 15) is 18.3 Å². The normalized spacial score (nSPS) is 13.5.